The molecule has 104 valence electrons. The number of hydrogen-bond acceptors (Lipinski definition) is 6. The number of rotatable bonds is 4. The third-order valence-corrected chi connectivity index (χ3v) is 3.28. The lowest BCUT2D eigenvalue weighted by Gasteiger charge is -2.21. The number of carbonyl (C=O) groups excluding carboxylic acids is 1. The Hall–Kier alpha value is -1.82. The zero-order valence-corrected chi connectivity index (χ0v) is 11.2. The zero-order valence-electron chi connectivity index (χ0n) is 11.2. The maximum atomic E-state index is 11.5. The van der Waals surface area contributed by atoms with Gasteiger partial charge in [0.15, 0.2) is 0 Å². The Balaban J connectivity index is 2.13. The molecule has 6 nitrogen and oxygen atoms in total. The van der Waals surface area contributed by atoms with Gasteiger partial charge in [-0.25, -0.2) is 9.78 Å². The van der Waals surface area contributed by atoms with E-state index < -0.39 is 5.97 Å². The summed E-state index contributed by atoms with van der Waals surface area (Å²) in [6.07, 6.45) is 3.78. The van der Waals surface area contributed by atoms with Crippen LogP contribution in [0.5, 0.6) is 0 Å². The van der Waals surface area contributed by atoms with Crippen LogP contribution in [0, 0.1) is 0 Å². The van der Waals surface area contributed by atoms with Gasteiger partial charge in [-0.15, -0.1) is 0 Å². The number of hydrogen-bond donors (Lipinski definition) is 2. The molecule has 1 aromatic heterocycles. The molecule has 3 N–H and O–H groups in total. The van der Waals surface area contributed by atoms with Gasteiger partial charge in [-0.1, -0.05) is 0 Å². The first kappa shape index (κ1) is 13.6. The van der Waals surface area contributed by atoms with Crippen molar-refractivity contribution in [2.75, 3.05) is 24.8 Å². The molecule has 1 aromatic rings. The quantitative estimate of drug-likeness (QED) is 0.801. The van der Waals surface area contributed by atoms with Crippen molar-refractivity contribution in [2.45, 2.75) is 31.9 Å². The topological polar surface area (TPSA) is 86.5 Å². The first-order chi connectivity index (χ1) is 9.13. The molecule has 0 amide bonds. The number of carbonyl (C=O) groups is 1. The van der Waals surface area contributed by atoms with E-state index in [1.165, 1.54) is 13.3 Å². The van der Waals surface area contributed by atoms with Crippen LogP contribution in [0.4, 0.5) is 11.5 Å². The Bertz CT molecular complexity index is 458. The molecule has 2 heterocycles. The minimum Gasteiger partial charge on any atom is -0.465 e. The fourth-order valence-electron chi connectivity index (χ4n) is 2.18. The number of esters is 1. The van der Waals surface area contributed by atoms with Crippen LogP contribution in [-0.2, 0) is 9.47 Å². The average Bonchev–Trinajstić information content (AvgIpc) is 2.94. The number of anilines is 2. The van der Waals surface area contributed by atoms with Gasteiger partial charge in [-0.2, -0.15) is 0 Å². The maximum absolute atomic E-state index is 11.5. The summed E-state index contributed by atoms with van der Waals surface area (Å²) in [7, 11) is 1.32. The van der Waals surface area contributed by atoms with Crippen LogP contribution in [0.25, 0.3) is 0 Å². The number of nitrogens with zero attached hydrogens (tertiary/aromatic N) is 1. The Labute approximate surface area is 112 Å². The molecule has 1 saturated heterocycles. The predicted molar refractivity (Wildman–Crippen MR) is 72.0 cm³/mol. The predicted octanol–water partition coefficient (Wildman–Crippen LogP) is 1.43. The number of aromatic nitrogens is 1. The number of methoxy groups -OCH3 is 1. The fraction of sp³-hybridized carbons (Fsp3) is 0.538. The van der Waals surface area contributed by atoms with Crippen molar-refractivity contribution in [1.29, 1.82) is 0 Å². The molecule has 1 fully saturated rings. The van der Waals surface area contributed by atoms with E-state index >= 15 is 0 Å². The summed E-state index contributed by atoms with van der Waals surface area (Å²) in [5.41, 5.74) is 6.56. The number of nitrogen functional groups attached to an aromatic ring is 1. The Morgan fingerprint density at radius 3 is 3.11 bits per heavy atom. The molecule has 2 atom stereocenters. The fourth-order valence-corrected chi connectivity index (χ4v) is 2.18. The minimum absolute atomic E-state index is 0.0881. The third kappa shape index (κ3) is 2.96. The summed E-state index contributed by atoms with van der Waals surface area (Å²) in [5.74, 6) is 0.0265. The summed E-state index contributed by atoms with van der Waals surface area (Å²) >= 11 is 0. The van der Waals surface area contributed by atoms with Gasteiger partial charge in [0.05, 0.1) is 30.5 Å². The van der Waals surface area contributed by atoms with Gasteiger partial charge in [-0.3, -0.25) is 0 Å². The van der Waals surface area contributed by atoms with E-state index in [4.69, 9.17) is 10.5 Å². The first-order valence-corrected chi connectivity index (χ1v) is 6.34. The molecule has 0 saturated carbocycles. The van der Waals surface area contributed by atoms with E-state index in [1.54, 1.807) is 6.07 Å². The second-order valence-electron chi connectivity index (χ2n) is 4.60. The van der Waals surface area contributed by atoms with Gasteiger partial charge in [0.2, 0.25) is 0 Å². The van der Waals surface area contributed by atoms with Gasteiger partial charge < -0.3 is 20.5 Å². The van der Waals surface area contributed by atoms with Gasteiger partial charge in [-0.05, 0) is 25.8 Å². The van der Waals surface area contributed by atoms with E-state index in [0.717, 1.165) is 19.4 Å². The van der Waals surface area contributed by atoms with Crippen molar-refractivity contribution in [3.05, 3.63) is 17.8 Å². The summed E-state index contributed by atoms with van der Waals surface area (Å²) in [6, 6.07) is 1.63. The molecule has 1 aliphatic heterocycles. The van der Waals surface area contributed by atoms with Crippen molar-refractivity contribution >= 4 is 17.5 Å². The van der Waals surface area contributed by atoms with Gasteiger partial charge in [0.25, 0.3) is 0 Å². The van der Waals surface area contributed by atoms with E-state index in [0.29, 0.717) is 17.1 Å². The second-order valence-corrected chi connectivity index (χ2v) is 4.60. The van der Waals surface area contributed by atoms with Crippen molar-refractivity contribution < 1.29 is 14.3 Å². The van der Waals surface area contributed by atoms with Crippen LogP contribution >= 0.6 is 0 Å². The van der Waals surface area contributed by atoms with Crippen molar-refractivity contribution in [1.82, 2.24) is 4.98 Å². The second kappa shape index (κ2) is 5.88. The highest BCUT2D eigenvalue weighted by atomic mass is 16.5. The van der Waals surface area contributed by atoms with Gasteiger partial charge in [0, 0.05) is 12.8 Å². The zero-order chi connectivity index (χ0) is 13.8. The van der Waals surface area contributed by atoms with Crippen molar-refractivity contribution in [3.63, 3.8) is 0 Å². The molecule has 19 heavy (non-hydrogen) atoms. The highest BCUT2D eigenvalue weighted by Crippen LogP contribution is 2.24. The first-order valence-electron chi connectivity index (χ1n) is 6.34. The average molecular weight is 265 g/mol. The van der Waals surface area contributed by atoms with Crippen LogP contribution in [-0.4, -0.2) is 36.8 Å². The molecule has 2 rings (SSSR count). The van der Waals surface area contributed by atoms with Crippen LogP contribution in [0.15, 0.2) is 12.3 Å². The number of pyridine rings is 1. The normalized spacial score (nSPS) is 20.0. The van der Waals surface area contributed by atoms with Gasteiger partial charge >= 0.3 is 5.97 Å². The lowest BCUT2D eigenvalue weighted by molar-refractivity contribution is 0.0602. The van der Waals surface area contributed by atoms with E-state index in [1.807, 2.05) is 6.92 Å². The molecule has 0 aromatic carbocycles. The Morgan fingerprint density at radius 1 is 1.68 bits per heavy atom. The van der Waals surface area contributed by atoms with E-state index in [-0.39, 0.29) is 12.1 Å². The smallest absolute Gasteiger partial charge is 0.340 e. The largest absolute Gasteiger partial charge is 0.465 e. The summed E-state index contributed by atoms with van der Waals surface area (Å²) in [5, 5.41) is 3.20. The lowest BCUT2D eigenvalue weighted by atomic mass is 10.1. The lowest BCUT2D eigenvalue weighted by Crippen LogP contribution is -2.31. The monoisotopic (exact) mass is 265 g/mol. The Morgan fingerprint density at radius 2 is 2.47 bits per heavy atom. The Kier molecular flexibility index (Phi) is 4.21. The molecule has 0 aliphatic carbocycles. The van der Waals surface area contributed by atoms with E-state index in [9.17, 15) is 4.79 Å². The maximum Gasteiger partial charge on any atom is 0.340 e. The molecular formula is C13H19N3O3. The molecule has 0 bridgehead atoms. The number of ether oxygens (including phenoxy) is 2. The van der Waals surface area contributed by atoms with Crippen LogP contribution in [0.3, 0.4) is 0 Å². The third-order valence-electron chi connectivity index (χ3n) is 3.28. The summed E-state index contributed by atoms with van der Waals surface area (Å²) in [6.45, 7) is 2.81. The minimum atomic E-state index is -0.465. The highest BCUT2D eigenvalue weighted by Gasteiger charge is 2.24. The standard InChI is InChI=1S/C13H19N3O3/c1-8(10-4-3-7-19-10)16-12-11(14)9(5-6-15-12)13(17)18-2/h5-6,8,10H,3-4,7,14H2,1-2H3,(H,15,16). The molecule has 6 heteroatoms. The molecular weight excluding hydrogens is 246 g/mol. The van der Waals surface area contributed by atoms with Crippen molar-refractivity contribution in [3.8, 4) is 0 Å². The van der Waals surface area contributed by atoms with Gasteiger partial charge in [0.1, 0.15) is 5.82 Å². The van der Waals surface area contributed by atoms with E-state index in [2.05, 4.69) is 15.0 Å². The molecule has 0 spiro atoms. The number of nitrogens with two attached hydrogens (primary N) is 1. The number of nitrogens with one attached hydrogen (secondary N) is 1. The molecule has 0 radical (unpaired) electrons. The molecule has 1 aliphatic rings. The van der Waals surface area contributed by atoms with Crippen LogP contribution < -0.4 is 11.1 Å². The SMILES string of the molecule is COC(=O)c1ccnc(NC(C)C2CCCO2)c1N. The highest BCUT2D eigenvalue weighted by molar-refractivity contribution is 5.97. The van der Waals surface area contributed by atoms with Crippen LogP contribution in [0.2, 0.25) is 0 Å². The van der Waals surface area contributed by atoms with Crippen molar-refractivity contribution in [2.24, 2.45) is 0 Å². The van der Waals surface area contributed by atoms with Crippen LogP contribution in [0.1, 0.15) is 30.1 Å². The molecule has 2 unspecified atom stereocenters. The summed E-state index contributed by atoms with van der Waals surface area (Å²) in [4.78, 5) is 15.7. The summed E-state index contributed by atoms with van der Waals surface area (Å²) < 4.78 is 10.3.